The molecule has 2 nitrogen and oxygen atoms in total. The molecule has 4 heteroatoms. The number of hydrogen-bond acceptors (Lipinski definition) is 2. The predicted octanol–water partition coefficient (Wildman–Crippen LogP) is 2.91. The summed E-state index contributed by atoms with van der Waals surface area (Å²) in [5.74, 6) is 0.486. The topological polar surface area (TPSA) is 24.1 Å². The van der Waals surface area contributed by atoms with Crippen molar-refractivity contribution < 1.29 is 0 Å². The highest BCUT2D eigenvalue weighted by molar-refractivity contribution is 7.80. The van der Waals surface area contributed by atoms with Crippen LogP contribution in [0.3, 0.4) is 0 Å². The fraction of sp³-hybridized carbons (Fsp3) is 0.818. The van der Waals surface area contributed by atoms with E-state index < -0.39 is 0 Å². The van der Waals surface area contributed by atoms with Crippen molar-refractivity contribution in [2.45, 2.75) is 47.1 Å². The van der Waals surface area contributed by atoms with E-state index in [4.69, 9.17) is 24.4 Å². The largest absolute Gasteiger partial charge is 0.383 e. The van der Waals surface area contributed by atoms with Gasteiger partial charge >= 0.3 is 0 Å². The van der Waals surface area contributed by atoms with Gasteiger partial charge in [0, 0.05) is 19.0 Å². The van der Waals surface area contributed by atoms with Crippen LogP contribution < -0.4 is 10.6 Å². The number of hydrogen-bond donors (Lipinski definition) is 2. The van der Waals surface area contributed by atoms with E-state index in [-0.39, 0.29) is 0 Å². The molecule has 0 heterocycles. The first-order valence-corrected chi connectivity index (χ1v) is 6.17. The Morgan fingerprint density at radius 2 is 1.60 bits per heavy atom. The van der Waals surface area contributed by atoms with Crippen molar-refractivity contribution in [2.75, 3.05) is 7.05 Å². The van der Waals surface area contributed by atoms with E-state index >= 15 is 0 Å². The average Bonchev–Trinajstić information content (AvgIpc) is 2.16. The van der Waals surface area contributed by atoms with Crippen molar-refractivity contribution in [1.82, 2.24) is 10.6 Å². The van der Waals surface area contributed by atoms with E-state index in [1.807, 2.05) is 7.05 Å². The highest BCUT2D eigenvalue weighted by Crippen LogP contribution is 1.90. The second kappa shape index (κ2) is 10.3. The van der Waals surface area contributed by atoms with Crippen LogP contribution in [0.25, 0.3) is 0 Å². The standard InChI is InChI=1S/C6H13NS.C5H11NS/c1-4-6(8)7-5(2)3;1-4(2)5(7)6-3/h5H,4H2,1-3H3,(H,7,8);4H,1-3H3,(H,6,7). The quantitative estimate of drug-likeness (QED) is 0.750. The summed E-state index contributed by atoms with van der Waals surface area (Å²) in [4.78, 5) is 1.89. The molecule has 0 aromatic carbocycles. The Bertz CT molecular complexity index is 189. The van der Waals surface area contributed by atoms with Crippen molar-refractivity contribution in [1.29, 1.82) is 0 Å². The number of nitrogens with one attached hydrogen (secondary N) is 2. The minimum absolute atomic E-state index is 0.486. The molecule has 0 atom stereocenters. The lowest BCUT2D eigenvalue weighted by Crippen LogP contribution is -2.27. The first-order chi connectivity index (χ1) is 6.84. The first kappa shape index (κ1) is 17.2. The molecule has 0 rings (SSSR count). The Morgan fingerprint density at radius 3 is 1.67 bits per heavy atom. The molecule has 0 bridgehead atoms. The summed E-state index contributed by atoms with van der Waals surface area (Å²) >= 11 is 9.79. The number of thiocarbonyl (C=S) groups is 2. The molecule has 2 N–H and O–H groups in total. The fourth-order valence-electron chi connectivity index (χ4n) is 0.713. The van der Waals surface area contributed by atoms with Gasteiger partial charge in [0.25, 0.3) is 0 Å². The van der Waals surface area contributed by atoms with Crippen molar-refractivity contribution >= 4 is 34.4 Å². The molecule has 0 radical (unpaired) electrons. The van der Waals surface area contributed by atoms with Gasteiger partial charge in [-0.05, 0) is 20.3 Å². The minimum Gasteiger partial charge on any atom is -0.383 e. The molecular weight excluding hydrogens is 224 g/mol. The molecule has 0 unspecified atom stereocenters. The van der Waals surface area contributed by atoms with Crippen LogP contribution in [0, 0.1) is 5.92 Å². The monoisotopic (exact) mass is 248 g/mol. The summed E-state index contributed by atoms with van der Waals surface area (Å²) in [5, 5.41) is 6.02. The normalized spacial score (nSPS) is 9.33. The van der Waals surface area contributed by atoms with E-state index in [1.54, 1.807) is 0 Å². The fourth-order valence-corrected chi connectivity index (χ4v) is 0.948. The second-order valence-corrected chi connectivity index (χ2v) is 4.78. The van der Waals surface area contributed by atoms with Crippen molar-refractivity contribution in [2.24, 2.45) is 5.92 Å². The molecule has 15 heavy (non-hydrogen) atoms. The van der Waals surface area contributed by atoms with Crippen LogP contribution in [0.5, 0.6) is 0 Å². The Kier molecular flexibility index (Phi) is 11.8. The van der Waals surface area contributed by atoms with Gasteiger partial charge in [-0.3, -0.25) is 0 Å². The average molecular weight is 248 g/mol. The van der Waals surface area contributed by atoms with Gasteiger partial charge in [-0.2, -0.15) is 0 Å². The van der Waals surface area contributed by atoms with E-state index in [0.717, 1.165) is 16.4 Å². The lowest BCUT2D eigenvalue weighted by atomic mass is 10.2. The molecule has 90 valence electrons. The van der Waals surface area contributed by atoms with Crippen LogP contribution in [0.2, 0.25) is 0 Å². The molecular formula is C11H24N2S2. The predicted molar refractivity (Wildman–Crippen MR) is 77.7 cm³/mol. The van der Waals surface area contributed by atoms with Crippen molar-refractivity contribution in [3.05, 3.63) is 0 Å². The third kappa shape index (κ3) is 13.8. The Balaban J connectivity index is 0. The van der Waals surface area contributed by atoms with Gasteiger partial charge in [0.2, 0.25) is 0 Å². The van der Waals surface area contributed by atoms with E-state index in [0.29, 0.717) is 12.0 Å². The van der Waals surface area contributed by atoms with E-state index in [1.165, 1.54) is 0 Å². The van der Waals surface area contributed by atoms with Gasteiger partial charge in [-0.1, -0.05) is 45.2 Å². The molecule has 0 aliphatic rings. The second-order valence-electron chi connectivity index (χ2n) is 3.84. The molecule has 0 fully saturated rings. The van der Waals surface area contributed by atoms with Gasteiger partial charge in [0.05, 0.1) is 9.98 Å². The zero-order valence-electron chi connectivity index (χ0n) is 10.7. The summed E-state index contributed by atoms with van der Waals surface area (Å²) in [6, 6.07) is 0.488. The highest BCUT2D eigenvalue weighted by atomic mass is 32.1. The SMILES string of the molecule is CCC(=S)NC(C)C.CNC(=S)C(C)C. The van der Waals surface area contributed by atoms with Gasteiger partial charge in [0.1, 0.15) is 0 Å². The zero-order chi connectivity index (χ0) is 12.4. The molecule has 0 aromatic heterocycles. The van der Waals surface area contributed by atoms with Crippen LogP contribution in [-0.2, 0) is 0 Å². The molecule has 0 aromatic rings. The van der Waals surface area contributed by atoms with Gasteiger partial charge in [0.15, 0.2) is 0 Å². The summed E-state index contributed by atoms with van der Waals surface area (Å²) in [5.41, 5.74) is 0. The van der Waals surface area contributed by atoms with Crippen LogP contribution in [0.1, 0.15) is 41.0 Å². The van der Waals surface area contributed by atoms with Crippen molar-refractivity contribution in [3.63, 3.8) is 0 Å². The third-order valence-electron chi connectivity index (χ3n) is 1.54. The maximum Gasteiger partial charge on any atom is 0.0776 e. The van der Waals surface area contributed by atoms with Crippen LogP contribution in [-0.4, -0.2) is 23.1 Å². The van der Waals surface area contributed by atoms with Gasteiger partial charge in [-0.15, -0.1) is 0 Å². The Morgan fingerprint density at radius 1 is 1.13 bits per heavy atom. The van der Waals surface area contributed by atoms with Crippen LogP contribution in [0.15, 0.2) is 0 Å². The molecule has 0 aliphatic carbocycles. The highest BCUT2D eigenvalue weighted by Gasteiger charge is 1.95. The van der Waals surface area contributed by atoms with Crippen LogP contribution in [0.4, 0.5) is 0 Å². The molecule has 0 saturated carbocycles. The molecule has 0 aliphatic heterocycles. The molecule has 0 spiro atoms. The lowest BCUT2D eigenvalue weighted by molar-refractivity contribution is 0.732. The summed E-state index contributed by atoms with van der Waals surface area (Å²) in [6.45, 7) is 10.4. The lowest BCUT2D eigenvalue weighted by Gasteiger charge is -2.07. The Hall–Kier alpha value is -0.220. The first-order valence-electron chi connectivity index (χ1n) is 5.36. The summed E-state index contributed by atoms with van der Waals surface area (Å²) in [7, 11) is 1.85. The Labute approximate surface area is 105 Å². The summed E-state index contributed by atoms with van der Waals surface area (Å²) < 4.78 is 0. The molecule has 0 saturated heterocycles. The van der Waals surface area contributed by atoms with E-state index in [9.17, 15) is 0 Å². The number of rotatable bonds is 3. The van der Waals surface area contributed by atoms with Crippen LogP contribution >= 0.6 is 24.4 Å². The smallest absolute Gasteiger partial charge is 0.0776 e. The van der Waals surface area contributed by atoms with E-state index in [2.05, 4.69) is 45.3 Å². The van der Waals surface area contributed by atoms with Gasteiger partial charge < -0.3 is 10.6 Å². The molecule has 0 amide bonds. The summed E-state index contributed by atoms with van der Waals surface area (Å²) in [6.07, 6.45) is 0.952. The maximum absolute atomic E-state index is 4.92. The third-order valence-corrected chi connectivity index (χ3v) is 2.62. The van der Waals surface area contributed by atoms with Gasteiger partial charge in [-0.25, -0.2) is 0 Å². The van der Waals surface area contributed by atoms with Crippen molar-refractivity contribution in [3.8, 4) is 0 Å². The maximum atomic E-state index is 4.92. The zero-order valence-corrected chi connectivity index (χ0v) is 12.3. The minimum atomic E-state index is 0.486.